The van der Waals surface area contributed by atoms with Gasteiger partial charge in [0.1, 0.15) is 0 Å². The summed E-state index contributed by atoms with van der Waals surface area (Å²) in [4.78, 5) is 13.9. The molecule has 1 aromatic heterocycles. The molecule has 0 unspecified atom stereocenters. The van der Waals surface area contributed by atoms with Crippen molar-refractivity contribution in [3.63, 3.8) is 0 Å². The van der Waals surface area contributed by atoms with Crippen LogP contribution in [0.25, 0.3) is 21.2 Å². The van der Waals surface area contributed by atoms with Gasteiger partial charge in [0.15, 0.2) is 5.78 Å². The number of carbonyl (C=O) groups excluding carboxylic acids is 1. The van der Waals surface area contributed by atoms with Crippen LogP contribution in [0.5, 0.6) is 0 Å². The predicted molar refractivity (Wildman–Crippen MR) is 86.5 cm³/mol. The molecule has 0 saturated carbocycles. The molecular weight excluding hydrogens is 264 g/mol. The largest absolute Gasteiger partial charge is 0.293 e. The van der Waals surface area contributed by atoms with Crippen molar-refractivity contribution in [1.29, 1.82) is 0 Å². The highest BCUT2D eigenvalue weighted by Crippen LogP contribution is 2.31. The van der Waals surface area contributed by atoms with Crippen LogP contribution in [0.3, 0.4) is 0 Å². The van der Waals surface area contributed by atoms with Crippen molar-refractivity contribution < 1.29 is 4.79 Å². The van der Waals surface area contributed by atoms with Crippen molar-refractivity contribution in [2.75, 3.05) is 0 Å². The van der Waals surface area contributed by atoms with Gasteiger partial charge in [-0.05, 0) is 41.0 Å². The van der Waals surface area contributed by atoms with Gasteiger partial charge >= 0.3 is 0 Å². The lowest BCUT2D eigenvalue weighted by Crippen LogP contribution is -1.93. The Hall–Kier alpha value is -1.93. The topological polar surface area (TPSA) is 17.1 Å². The van der Waals surface area contributed by atoms with Crippen molar-refractivity contribution in [2.45, 2.75) is 19.8 Å². The van der Waals surface area contributed by atoms with Crippen molar-refractivity contribution in [3.8, 4) is 10.4 Å². The number of benzene rings is 2. The van der Waals surface area contributed by atoms with Gasteiger partial charge < -0.3 is 0 Å². The zero-order valence-corrected chi connectivity index (χ0v) is 12.2. The van der Waals surface area contributed by atoms with Crippen molar-refractivity contribution in [1.82, 2.24) is 0 Å². The first-order chi connectivity index (χ1) is 9.78. The third-order valence-electron chi connectivity index (χ3n) is 3.39. The number of hydrogen-bond acceptors (Lipinski definition) is 2. The Balaban J connectivity index is 1.96. The highest BCUT2D eigenvalue weighted by Gasteiger charge is 2.09. The van der Waals surface area contributed by atoms with Crippen LogP contribution in [0.15, 0.2) is 54.6 Å². The van der Waals surface area contributed by atoms with E-state index in [2.05, 4.69) is 48.5 Å². The molecule has 1 nitrogen and oxygen atoms in total. The number of hydrogen-bond donors (Lipinski definition) is 0. The smallest absolute Gasteiger partial charge is 0.172 e. The number of thiophene rings is 1. The predicted octanol–water partition coefficient (Wildman–Crippen LogP) is 5.55. The molecule has 0 spiro atoms. The quantitative estimate of drug-likeness (QED) is 0.572. The van der Waals surface area contributed by atoms with Crippen LogP contribution in [-0.2, 0) is 0 Å². The second-order valence-corrected chi connectivity index (χ2v) is 5.98. The maximum absolute atomic E-state index is 11.9. The molecule has 2 aromatic carbocycles. The molecule has 1 heterocycles. The van der Waals surface area contributed by atoms with Crippen LogP contribution in [0.2, 0.25) is 0 Å². The van der Waals surface area contributed by atoms with E-state index in [1.54, 1.807) is 11.3 Å². The zero-order chi connectivity index (χ0) is 13.9. The van der Waals surface area contributed by atoms with E-state index in [-0.39, 0.29) is 5.78 Å². The first-order valence-electron chi connectivity index (χ1n) is 6.90. The highest BCUT2D eigenvalue weighted by molar-refractivity contribution is 7.17. The zero-order valence-electron chi connectivity index (χ0n) is 11.4. The SMILES string of the molecule is CCCC(=O)c1ccc(-c2ccc3ccccc3c2)s1. The summed E-state index contributed by atoms with van der Waals surface area (Å²) >= 11 is 1.59. The Kier molecular flexibility index (Phi) is 3.66. The maximum atomic E-state index is 11.9. The number of rotatable bonds is 4. The number of carbonyl (C=O) groups is 1. The van der Waals surface area contributed by atoms with Gasteiger partial charge in [0.2, 0.25) is 0 Å². The van der Waals surface area contributed by atoms with E-state index in [1.165, 1.54) is 16.3 Å². The summed E-state index contributed by atoms with van der Waals surface area (Å²) < 4.78 is 0. The molecule has 3 rings (SSSR count). The van der Waals surface area contributed by atoms with Crippen LogP contribution < -0.4 is 0 Å². The van der Waals surface area contributed by atoms with Crippen molar-refractivity contribution in [2.24, 2.45) is 0 Å². The first-order valence-corrected chi connectivity index (χ1v) is 7.72. The summed E-state index contributed by atoms with van der Waals surface area (Å²) in [7, 11) is 0. The van der Waals surface area contributed by atoms with Gasteiger partial charge in [-0.3, -0.25) is 4.79 Å². The van der Waals surface area contributed by atoms with E-state index in [1.807, 2.05) is 13.0 Å². The molecule has 0 aliphatic carbocycles. The van der Waals surface area contributed by atoms with Crippen molar-refractivity contribution in [3.05, 3.63) is 59.5 Å². The van der Waals surface area contributed by atoms with E-state index in [0.29, 0.717) is 6.42 Å². The molecule has 100 valence electrons. The lowest BCUT2D eigenvalue weighted by atomic mass is 10.1. The van der Waals surface area contributed by atoms with Gasteiger partial charge in [0.25, 0.3) is 0 Å². The third-order valence-corrected chi connectivity index (χ3v) is 4.57. The van der Waals surface area contributed by atoms with Gasteiger partial charge in [-0.15, -0.1) is 11.3 Å². The average molecular weight is 280 g/mol. The van der Waals surface area contributed by atoms with E-state index >= 15 is 0 Å². The minimum atomic E-state index is 0.254. The molecule has 0 fully saturated rings. The van der Waals surface area contributed by atoms with Crippen LogP contribution in [0, 0.1) is 0 Å². The Morgan fingerprint density at radius 1 is 1.00 bits per heavy atom. The molecule has 0 saturated heterocycles. The van der Waals surface area contributed by atoms with Gasteiger partial charge in [-0.25, -0.2) is 0 Å². The molecule has 0 aliphatic rings. The minimum absolute atomic E-state index is 0.254. The Labute approximate surface area is 122 Å². The molecule has 0 amide bonds. The molecule has 20 heavy (non-hydrogen) atoms. The summed E-state index contributed by atoms with van der Waals surface area (Å²) in [6.45, 7) is 2.04. The van der Waals surface area contributed by atoms with E-state index in [0.717, 1.165) is 16.2 Å². The fourth-order valence-corrected chi connectivity index (χ4v) is 3.31. The minimum Gasteiger partial charge on any atom is -0.293 e. The molecule has 0 N–H and O–H groups in total. The van der Waals surface area contributed by atoms with Gasteiger partial charge in [-0.2, -0.15) is 0 Å². The Morgan fingerprint density at radius 2 is 1.80 bits per heavy atom. The van der Waals surface area contributed by atoms with Gasteiger partial charge in [-0.1, -0.05) is 43.3 Å². The lowest BCUT2D eigenvalue weighted by Gasteiger charge is -2.01. The lowest BCUT2D eigenvalue weighted by molar-refractivity contribution is 0.0985. The summed E-state index contributed by atoms with van der Waals surface area (Å²) in [5, 5.41) is 2.48. The summed E-state index contributed by atoms with van der Waals surface area (Å²) in [6, 6.07) is 18.8. The molecular formula is C18H16OS. The van der Waals surface area contributed by atoms with Gasteiger partial charge in [0, 0.05) is 11.3 Å². The summed E-state index contributed by atoms with van der Waals surface area (Å²) in [5.74, 6) is 0.254. The normalized spacial score (nSPS) is 10.8. The Morgan fingerprint density at radius 3 is 2.60 bits per heavy atom. The van der Waals surface area contributed by atoms with Crippen LogP contribution in [0.1, 0.15) is 29.4 Å². The molecule has 3 aromatic rings. The summed E-state index contributed by atoms with van der Waals surface area (Å²) in [5.41, 5.74) is 1.18. The second-order valence-electron chi connectivity index (χ2n) is 4.90. The maximum Gasteiger partial charge on any atom is 0.172 e. The first kappa shape index (κ1) is 13.1. The Bertz CT molecular complexity index is 755. The number of Topliss-reactive ketones (excluding diaryl/α,β-unsaturated/α-hetero) is 1. The standard InChI is InChI=1S/C18H16OS/c1-2-5-16(19)18-11-10-17(20-18)15-9-8-13-6-3-4-7-14(13)12-15/h3-4,6-12H,2,5H2,1H3. The fraction of sp³-hybridized carbons (Fsp3) is 0.167. The number of fused-ring (bicyclic) bond motifs is 1. The van der Waals surface area contributed by atoms with Gasteiger partial charge in [0.05, 0.1) is 4.88 Å². The molecule has 0 radical (unpaired) electrons. The number of ketones is 1. The van der Waals surface area contributed by atoms with E-state index in [4.69, 9.17) is 0 Å². The highest BCUT2D eigenvalue weighted by atomic mass is 32.1. The molecule has 0 bridgehead atoms. The van der Waals surface area contributed by atoms with Crippen molar-refractivity contribution >= 4 is 27.9 Å². The molecule has 0 atom stereocenters. The molecule has 0 aliphatic heterocycles. The molecule has 2 heteroatoms. The summed E-state index contributed by atoms with van der Waals surface area (Å²) in [6.07, 6.45) is 1.54. The van der Waals surface area contributed by atoms with Crippen LogP contribution in [0.4, 0.5) is 0 Å². The monoisotopic (exact) mass is 280 g/mol. The van der Waals surface area contributed by atoms with E-state index in [9.17, 15) is 4.79 Å². The van der Waals surface area contributed by atoms with Crippen LogP contribution >= 0.6 is 11.3 Å². The fourth-order valence-electron chi connectivity index (χ4n) is 2.34. The van der Waals surface area contributed by atoms with Crippen LogP contribution in [-0.4, -0.2) is 5.78 Å². The third kappa shape index (κ3) is 2.52. The average Bonchev–Trinajstić information content (AvgIpc) is 2.97. The second kappa shape index (κ2) is 5.59. The van der Waals surface area contributed by atoms with E-state index < -0.39 is 0 Å².